The third-order valence-electron chi connectivity index (χ3n) is 2.36. The van der Waals surface area contributed by atoms with Gasteiger partial charge in [-0.05, 0) is 31.1 Å². The number of aliphatic hydroxyl groups is 1. The van der Waals surface area contributed by atoms with Gasteiger partial charge in [0.1, 0.15) is 18.2 Å². The molecule has 0 fully saturated rings. The molecule has 0 saturated heterocycles. The number of rotatable bonds is 5. The van der Waals surface area contributed by atoms with Gasteiger partial charge >= 0.3 is 0 Å². The van der Waals surface area contributed by atoms with E-state index in [0.29, 0.717) is 12.4 Å². The van der Waals surface area contributed by atoms with Crippen molar-refractivity contribution < 1.29 is 14.2 Å². The topological polar surface area (TPSA) is 29.5 Å². The Morgan fingerprint density at radius 3 is 2.75 bits per heavy atom. The maximum Gasteiger partial charge on any atom is 0.132 e. The summed E-state index contributed by atoms with van der Waals surface area (Å²) in [5, 5.41) is 9.26. The van der Waals surface area contributed by atoms with Crippen molar-refractivity contribution in [1.82, 2.24) is 0 Å². The lowest BCUT2D eigenvalue weighted by Gasteiger charge is -2.10. The standard InChI is InChI=1S/C13H17FO2/c1-4-9(2)8-16-11-5-6-12(10(3)15)13(14)7-11/h5-7,10,15H,2,4,8H2,1,3H3. The third kappa shape index (κ3) is 3.35. The van der Waals surface area contributed by atoms with Gasteiger partial charge in [0.2, 0.25) is 0 Å². The van der Waals surface area contributed by atoms with Gasteiger partial charge in [-0.1, -0.05) is 13.5 Å². The first-order valence-corrected chi connectivity index (χ1v) is 5.31. The number of hydrogen-bond donors (Lipinski definition) is 1. The lowest BCUT2D eigenvalue weighted by molar-refractivity contribution is 0.194. The summed E-state index contributed by atoms with van der Waals surface area (Å²) in [7, 11) is 0. The van der Waals surface area contributed by atoms with E-state index in [-0.39, 0.29) is 5.56 Å². The molecule has 16 heavy (non-hydrogen) atoms. The molecule has 0 radical (unpaired) electrons. The molecule has 1 unspecified atom stereocenters. The summed E-state index contributed by atoms with van der Waals surface area (Å²) < 4.78 is 18.8. The molecule has 0 aliphatic heterocycles. The van der Waals surface area contributed by atoms with Gasteiger partial charge in [-0.25, -0.2) is 4.39 Å². The molecule has 3 heteroatoms. The molecule has 1 rings (SSSR count). The molecule has 0 amide bonds. The lowest BCUT2D eigenvalue weighted by atomic mass is 10.1. The Morgan fingerprint density at radius 2 is 2.25 bits per heavy atom. The van der Waals surface area contributed by atoms with Gasteiger partial charge < -0.3 is 9.84 Å². The molecule has 0 saturated carbocycles. The maximum atomic E-state index is 13.4. The van der Waals surface area contributed by atoms with E-state index in [1.807, 2.05) is 6.92 Å². The first-order chi connectivity index (χ1) is 7.54. The summed E-state index contributed by atoms with van der Waals surface area (Å²) in [4.78, 5) is 0. The molecule has 1 aromatic rings. The van der Waals surface area contributed by atoms with Crippen molar-refractivity contribution in [1.29, 1.82) is 0 Å². The molecule has 1 aromatic carbocycles. The Morgan fingerprint density at radius 1 is 1.56 bits per heavy atom. The smallest absolute Gasteiger partial charge is 0.132 e. The lowest BCUT2D eigenvalue weighted by Crippen LogP contribution is -2.01. The number of ether oxygens (including phenoxy) is 1. The van der Waals surface area contributed by atoms with Crippen LogP contribution in [0.4, 0.5) is 4.39 Å². The van der Waals surface area contributed by atoms with Crippen molar-refractivity contribution >= 4 is 0 Å². The van der Waals surface area contributed by atoms with Crippen molar-refractivity contribution in [2.24, 2.45) is 0 Å². The van der Waals surface area contributed by atoms with E-state index < -0.39 is 11.9 Å². The molecule has 88 valence electrons. The van der Waals surface area contributed by atoms with Gasteiger partial charge in [0.05, 0.1) is 6.10 Å². The van der Waals surface area contributed by atoms with E-state index in [9.17, 15) is 9.50 Å². The fourth-order valence-electron chi connectivity index (χ4n) is 1.22. The van der Waals surface area contributed by atoms with Crippen molar-refractivity contribution in [3.05, 3.63) is 41.7 Å². The minimum atomic E-state index is -0.806. The van der Waals surface area contributed by atoms with Crippen LogP contribution in [0, 0.1) is 5.82 Å². The van der Waals surface area contributed by atoms with Crippen LogP contribution in [0.1, 0.15) is 31.9 Å². The summed E-state index contributed by atoms with van der Waals surface area (Å²) >= 11 is 0. The molecule has 1 N–H and O–H groups in total. The predicted molar refractivity (Wildman–Crippen MR) is 62.0 cm³/mol. The highest BCUT2D eigenvalue weighted by Gasteiger charge is 2.08. The van der Waals surface area contributed by atoms with Crippen LogP contribution in [0.15, 0.2) is 30.4 Å². The molecule has 0 heterocycles. The van der Waals surface area contributed by atoms with Crippen molar-refractivity contribution in [3.8, 4) is 5.75 Å². The fraction of sp³-hybridized carbons (Fsp3) is 0.385. The second-order valence-electron chi connectivity index (χ2n) is 3.75. The highest BCUT2D eigenvalue weighted by molar-refractivity contribution is 5.30. The SMILES string of the molecule is C=C(CC)COc1ccc(C(C)O)c(F)c1. The van der Waals surface area contributed by atoms with Crippen LogP contribution < -0.4 is 4.74 Å². The molecule has 0 aliphatic carbocycles. The van der Waals surface area contributed by atoms with Gasteiger partial charge in [-0.2, -0.15) is 0 Å². The van der Waals surface area contributed by atoms with Crippen LogP contribution in [0.25, 0.3) is 0 Å². The molecule has 0 spiro atoms. The van der Waals surface area contributed by atoms with Crippen LogP contribution in [0.3, 0.4) is 0 Å². The van der Waals surface area contributed by atoms with Crippen LogP contribution in [0.5, 0.6) is 5.75 Å². The van der Waals surface area contributed by atoms with Gasteiger partial charge in [0.15, 0.2) is 0 Å². The Bertz CT molecular complexity index is 372. The molecule has 1 atom stereocenters. The number of hydrogen-bond acceptors (Lipinski definition) is 2. The average molecular weight is 224 g/mol. The summed E-state index contributed by atoms with van der Waals surface area (Å²) in [5.41, 5.74) is 1.24. The number of benzene rings is 1. The van der Waals surface area contributed by atoms with Gasteiger partial charge in [0, 0.05) is 11.6 Å². The van der Waals surface area contributed by atoms with E-state index >= 15 is 0 Å². The molecular weight excluding hydrogens is 207 g/mol. The monoisotopic (exact) mass is 224 g/mol. The van der Waals surface area contributed by atoms with Crippen molar-refractivity contribution in [2.75, 3.05) is 6.61 Å². The van der Waals surface area contributed by atoms with E-state index in [1.54, 1.807) is 6.07 Å². The zero-order chi connectivity index (χ0) is 12.1. The van der Waals surface area contributed by atoms with E-state index in [0.717, 1.165) is 12.0 Å². The van der Waals surface area contributed by atoms with E-state index in [2.05, 4.69) is 6.58 Å². The highest BCUT2D eigenvalue weighted by atomic mass is 19.1. The minimum absolute atomic E-state index is 0.279. The quantitative estimate of drug-likeness (QED) is 0.778. The zero-order valence-electron chi connectivity index (χ0n) is 9.66. The van der Waals surface area contributed by atoms with Gasteiger partial charge in [-0.3, -0.25) is 0 Å². The largest absolute Gasteiger partial charge is 0.489 e. The van der Waals surface area contributed by atoms with Crippen LogP contribution in [0.2, 0.25) is 0 Å². The maximum absolute atomic E-state index is 13.4. The highest BCUT2D eigenvalue weighted by Crippen LogP contribution is 2.22. The van der Waals surface area contributed by atoms with E-state index in [4.69, 9.17) is 4.74 Å². The Balaban J connectivity index is 2.70. The molecular formula is C13H17FO2. The van der Waals surface area contributed by atoms with E-state index in [1.165, 1.54) is 19.1 Å². The summed E-state index contributed by atoms with van der Waals surface area (Å²) in [6.45, 7) is 7.71. The Labute approximate surface area is 95.4 Å². The predicted octanol–water partition coefficient (Wildman–Crippen LogP) is 3.22. The summed E-state index contributed by atoms with van der Waals surface area (Å²) in [5.74, 6) is 0.00566. The molecule has 0 aromatic heterocycles. The van der Waals surface area contributed by atoms with Crippen LogP contribution in [-0.2, 0) is 0 Å². The van der Waals surface area contributed by atoms with Crippen LogP contribution in [-0.4, -0.2) is 11.7 Å². The normalized spacial score (nSPS) is 12.2. The second kappa shape index (κ2) is 5.66. The van der Waals surface area contributed by atoms with Gasteiger partial charge in [0.25, 0.3) is 0 Å². The molecule has 0 aliphatic rings. The first-order valence-electron chi connectivity index (χ1n) is 5.31. The van der Waals surface area contributed by atoms with Crippen molar-refractivity contribution in [3.63, 3.8) is 0 Å². The fourth-order valence-corrected chi connectivity index (χ4v) is 1.22. The number of halogens is 1. The Hall–Kier alpha value is -1.35. The van der Waals surface area contributed by atoms with Crippen molar-refractivity contribution in [2.45, 2.75) is 26.4 Å². The summed E-state index contributed by atoms with van der Waals surface area (Å²) in [6.07, 6.45) is 0.0356. The van der Waals surface area contributed by atoms with Crippen LogP contribution >= 0.6 is 0 Å². The second-order valence-corrected chi connectivity index (χ2v) is 3.75. The van der Waals surface area contributed by atoms with Gasteiger partial charge in [-0.15, -0.1) is 0 Å². The minimum Gasteiger partial charge on any atom is -0.489 e. The zero-order valence-corrected chi connectivity index (χ0v) is 9.66. The molecule has 2 nitrogen and oxygen atoms in total. The number of aliphatic hydroxyl groups excluding tert-OH is 1. The Kier molecular flexibility index (Phi) is 4.50. The third-order valence-corrected chi connectivity index (χ3v) is 2.36. The first kappa shape index (κ1) is 12.7. The summed E-state index contributed by atoms with van der Waals surface area (Å²) in [6, 6.07) is 4.46. The molecule has 0 bridgehead atoms. The average Bonchev–Trinajstić information content (AvgIpc) is 2.25.